The molecule has 0 aromatic heterocycles. The summed E-state index contributed by atoms with van der Waals surface area (Å²) in [5, 5.41) is 0.718. The van der Waals surface area contributed by atoms with Crippen molar-refractivity contribution in [1.29, 1.82) is 0 Å². The van der Waals surface area contributed by atoms with Gasteiger partial charge in [0.15, 0.2) is 0 Å². The number of unbranched alkanes of at least 4 members (excludes halogenated alkanes) is 4. The number of hydrogen-bond acceptors (Lipinski definition) is 3. The lowest BCUT2D eigenvalue weighted by molar-refractivity contribution is 0.395. The minimum absolute atomic E-state index is 0.663. The third-order valence-corrected chi connectivity index (χ3v) is 8.99. The number of aryl methyl sites for hydroxylation is 3. The Balaban J connectivity index is 2.15. The standard InChI is InChI=1S/C34H47O3P/c1-5-9-18-28-23-17-27-34(31(28)24-12-8-4)38(35,36-32-25-15-13-21-29(32)19-10-6-2)37-33-26-16-14-22-30(33)20-11-7-3/h13-17,21-23,25-27H,5-12,18-20,24H2,1-4H3. The third-order valence-electron chi connectivity index (χ3n) is 7.10. The summed E-state index contributed by atoms with van der Waals surface area (Å²) in [4.78, 5) is 0. The second-order valence-corrected chi connectivity index (χ2v) is 12.1. The van der Waals surface area contributed by atoms with Crippen LogP contribution in [0, 0.1) is 0 Å². The van der Waals surface area contributed by atoms with Crippen LogP contribution < -0.4 is 14.4 Å². The summed E-state index contributed by atoms with van der Waals surface area (Å²) in [6.07, 6.45) is 12.3. The van der Waals surface area contributed by atoms with E-state index in [1.165, 1.54) is 5.56 Å². The third kappa shape index (κ3) is 8.24. The molecule has 0 spiro atoms. The Morgan fingerprint density at radius 1 is 0.526 bits per heavy atom. The molecule has 0 radical (unpaired) electrons. The summed E-state index contributed by atoms with van der Waals surface area (Å²) in [7, 11) is -3.77. The van der Waals surface area contributed by atoms with Gasteiger partial charge in [0, 0.05) is 0 Å². The van der Waals surface area contributed by atoms with E-state index in [0.717, 1.165) is 99.0 Å². The zero-order valence-corrected chi connectivity index (χ0v) is 24.9. The van der Waals surface area contributed by atoms with Gasteiger partial charge in [-0.05, 0) is 91.8 Å². The maximum Gasteiger partial charge on any atom is 0.463 e. The van der Waals surface area contributed by atoms with Gasteiger partial charge in [0.25, 0.3) is 0 Å². The summed E-state index contributed by atoms with van der Waals surface area (Å²) in [6.45, 7) is 8.79. The molecule has 0 bridgehead atoms. The van der Waals surface area contributed by atoms with Crippen LogP contribution in [0.15, 0.2) is 66.7 Å². The Hall–Kier alpha value is -2.51. The van der Waals surface area contributed by atoms with Gasteiger partial charge in [-0.25, -0.2) is 4.57 Å². The molecular formula is C34H47O3P. The Morgan fingerprint density at radius 2 is 0.947 bits per heavy atom. The van der Waals surface area contributed by atoms with Crippen LogP contribution in [0.5, 0.6) is 11.5 Å². The average molecular weight is 535 g/mol. The van der Waals surface area contributed by atoms with Gasteiger partial charge >= 0.3 is 7.60 Å². The molecule has 3 rings (SSSR count). The number of rotatable bonds is 17. The monoisotopic (exact) mass is 534 g/mol. The normalized spacial score (nSPS) is 11.5. The molecular weight excluding hydrogens is 487 g/mol. The van der Waals surface area contributed by atoms with E-state index in [4.69, 9.17) is 9.05 Å². The van der Waals surface area contributed by atoms with Crippen molar-refractivity contribution in [2.24, 2.45) is 0 Å². The molecule has 3 nitrogen and oxygen atoms in total. The van der Waals surface area contributed by atoms with Crippen LogP contribution in [-0.4, -0.2) is 0 Å². The zero-order chi connectivity index (χ0) is 27.2. The van der Waals surface area contributed by atoms with E-state index in [1.54, 1.807) is 0 Å². The smallest absolute Gasteiger partial charge is 0.413 e. The fraction of sp³-hybridized carbons (Fsp3) is 0.471. The van der Waals surface area contributed by atoms with Crippen molar-refractivity contribution in [1.82, 2.24) is 0 Å². The molecule has 0 saturated heterocycles. The lowest BCUT2D eigenvalue weighted by atomic mass is 9.98. The number of benzene rings is 3. The molecule has 0 aliphatic heterocycles. The maximum absolute atomic E-state index is 15.2. The molecule has 0 atom stereocenters. The minimum atomic E-state index is -3.77. The van der Waals surface area contributed by atoms with Crippen molar-refractivity contribution >= 4 is 12.9 Å². The van der Waals surface area contributed by atoms with Gasteiger partial charge in [-0.15, -0.1) is 0 Å². The first-order chi connectivity index (χ1) is 18.6. The molecule has 206 valence electrons. The predicted octanol–water partition coefficient (Wildman–Crippen LogP) is 10.0. The summed E-state index contributed by atoms with van der Waals surface area (Å²) in [5.74, 6) is 1.33. The highest BCUT2D eigenvalue weighted by Gasteiger charge is 2.36. The molecule has 0 N–H and O–H groups in total. The molecule has 3 aromatic carbocycles. The molecule has 0 fully saturated rings. The molecule has 0 heterocycles. The van der Waals surface area contributed by atoms with Gasteiger partial charge < -0.3 is 9.05 Å². The van der Waals surface area contributed by atoms with Gasteiger partial charge in [0.05, 0.1) is 5.30 Å². The molecule has 3 aromatic rings. The number of para-hydroxylation sites is 2. The quantitative estimate of drug-likeness (QED) is 0.162. The van der Waals surface area contributed by atoms with Crippen molar-refractivity contribution in [3.8, 4) is 11.5 Å². The average Bonchev–Trinajstić information content (AvgIpc) is 2.94. The van der Waals surface area contributed by atoms with Crippen molar-refractivity contribution in [3.05, 3.63) is 89.0 Å². The zero-order valence-electron chi connectivity index (χ0n) is 24.0. The first kappa shape index (κ1) is 30.0. The first-order valence-electron chi connectivity index (χ1n) is 14.8. The van der Waals surface area contributed by atoms with E-state index < -0.39 is 7.60 Å². The molecule has 0 unspecified atom stereocenters. The van der Waals surface area contributed by atoms with E-state index in [2.05, 4.69) is 45.9 Å². The van der Waals surface area contributed by atoms with Gasteiger partial charge in [-0.3, -0.25) is 0 Å². The fourth-order valence-corrected chi connectivity index (χ4v) is 6.79. The van der Waals surface area contributed by atoms with Gasteiger partial charge in [-0.2, -0.15) is 0 Å². The summed E-state index contributed by atoms with van der Waals surface area (Å²) < 4.78 is 28.4. The van der Waals surface area contributed by atoms with Crippen LogP contribution >= 0.6 is 7.60 Å². The minimum Gasteiger partial charge on any atom is -0.413 e. The Morgan fingerprint density at radius 3 is 1.45 bits per heavy atom. The van der Waals surface area contributed by atoms with Crippen molar-refractivity contribution in [3.63, 3.8) is 0 Å². The highest BCUT2D eigenvalue weighted by Crippen LogP contribution is 2.50. The van der Waals surface area contributed by atoms with Crippen LogP contribution in [0.3, 0.4) is 0 Å². The van der Waals surface area contributed by atoms with Crippen LogP contribution in [0.4, 0.5) is 0 Å². The molecule has 0 aliphatic carbocycles. The van der Waals surface area contributed by atoms with Gasteiger partial charge in [0.1, 0.15) is 11.5 Å². The van der Waals surface area contributed by atoms with E-state index in [9.17, 15) is 0 Å². The number of hydrogen-bond donors (Lipinski definition) is 0. The van der Waals surface area contributed by atoms with Gasteiger partial charge in [0.2, 0.25) is 0 Å². The van der Waals surface area contributed by atoms with E-state index in [1.807, 2.05) is 48.5 Å². The van der Waals surface area contributed by atoms with Gasteiger partial charge in [-0.1, -0.05) is 102 Å². The van der Waals surface area contributed by atoms with E-state index in [0.29, 0.717) is 11.5 Å². The SMILES string of the molecule is CCCCc1ccccc1OP(=O)(Oc1ccccc1CCCC)c1cccc(CCCC)c1CCCC. The largest absolute Gasteiger partial charge is 0.463 e. The van der Waals surface area contributed by atoms with Crippen molar-refractivity contribution < 1.29 is 13.6 Å². The highest BCUT2D eigenvalue weighted by molar-refractivity contribution is 7.63. The van der Waals surface area contributed by atoms with E-state index in [-0.39, 0.29) is 0 Å². The molecule has 38 heavy (non-hydrogen) atoms. The summed E-state index contributed by atoms with van der Waals surface area (Å²) >= 11 is 0. The van der Waals surface area contributed by atoms with Crippen LogP contribution in [0.25, 0.3) is 0 Å². The second-order valence-electron chi connectivity index (χ2n) is 10.2. The van der Waals surface area contributed by atoms with Crippen LogP contribution in [0.2, 0.25) is 0 Å². The Bertz CT molecular complexity index is 1110. The molecule has 0 amide bonds. The molecule has 0 saturated carbocycles. The molecule has 0 aliphatic rings. The van der Waals surface area contributed by atoms with Crippen molar-refractivity contribution in [2.75, 3.05) is 0 Å². The Labute approximate surface area is 231 Å². The molecule has 4 heteroatoms. The van der Waals surface area contributed by atoms with Crippen LogP contribution in [-0.2, 0) is 30.2 Å². The Kier molecular flexibility index (Phi) is 12.5. The lowest BCUT2D eigenvalue weighted by Crippen LogP contribution is -2.21. The van der Waals surface area contributed by atoms with Crippen molar-refractivity contribution in [2.45, 2.75) is 105 Å². The fourth-order valence-electron chi connectivity index (χ4n) is 4.83. The highest BCUT2D eigenvalue weighted by atomic mass is 31.2. The maximum atomic E-state index is 15.2. The summed E-state index contributed by atoms with van der Waals surface area (Å²) in [5.41, 5.74) is 4.57. The second kappa shape index (κ2) is 15.8. The van der Waals surface area contributed by atoms with E-state index >= 15 is 4.57 Å². The topological polar surface area (TPSA) is 35.5 Å². The first-order valence-corrected chi connectivity index (χ1v) is 16.4. The predicted molar refractivity (Wildman–Crippen MR) is 162 cm³/mol. The summed E-state index contributed by atoms with van der Waals surface area (Å²) in [6, 6.07) is 22.2. The van der Waals surface area contributed by atoms with Crippen LogP contribution in [0.1, 0.15) is 101 Å². The lowest BCUT2D eigenvalue weighted by Gasteiger charge is -2.26.